The maximum absolute atomic E-state index is 12.5. The third-order valence-corrected chi connectivity index (χ3v) is 4.90. The summed E-state index contributed by atoms with van der Waals surface area (Å²) in [5.74, 6) is 1.05. The Morgan fingerprint density at radius 3 is 2.67 bits per heavy atom. The fourth-order valence-electron chi connectivity index (χ4n) is 3.34. The first-order chi connectivity index (χ1) is 11.7. The van der Waals surface area contributed by atoms with Crippen LogP contribution in [0.5, 0.6) is 5.88 Å². The Morgan fingerprint density at radius 1 is 1.25 bits per heavy atom. The number of fused-ring (bicyclic) bond motifs is 1. The predicted octanol–water partition coefficient (Wildman–Crippen LogP) is 3.44. The van der Waals surface area contributed by atoms with Gasteiger partial charge in [-0.1, -0.05) is 32.0 Å². The van der Waals surface area contributed by atoms with E-state index in [1.54, 1.807) is 6.20 Å². The molecule has 0 unspecified atom stereocenters. The number of benzene rings is 1. The van der Waals surface area contributed by atoms with Gasteiger partial charge in [0.05, 0.1) is 6.20 Å². The zero-order valence-electron chi connectivity index (χ0n) is 14.4. The second kappa shape index (κ2) is 7.60. The van der Waals surface area contributed by atoms with E-state index >= 15 is 0 Å². The molecule has 0 spiro atoms. The fourth-order valence-corrected chi connectivity index (χ4v) is 3.34. The Kier molecular flexibility index (Phi) is 5.28. The van der Waals surface area contributed by atoms with Gasteiger partial charge >= 0.3 is 0 Å². The Balaban J connectivity index is 1.62. The molecule has 3 rings (SSSR count). The SMILES string of the molecule is CCC(CC)C(=O)N1CCC(Oc2nncc3ccccc23)CC1. The summed E-state index contributed by atoms with van der Waals surface area (Å²) in [6.07, 6.45) is 5.36. The Morgan fingerprint density at radius 2 is 1.96 bits per heavy atom. The Bertz CT molecular complexity index is 687. The monoisotopic (exact) mass is 327 g/mol. The molecule has 0 radical (unpaired) electrons. The van der Waals surface area contributed by atoms with E-state index in [2.05, 4.69) is 24.0 Å². The van der Waals surface area contributed by atoms with E-state index < -0.39 is 0 Å². The average molecular weight is 327 g/mol. The first kappa shape index (κ1) is 16.7. The summed E-state index contributed by atoms with van der Waals surface area (Å²) in [6.45, 7) is 5.69. The van der Waals surface area contributed by atoms with E-state index in [9.17, 15) is 4.79 Å². The lowest BCUT2D eigenvalue weighted by molar-refractivity contribution is -0.137. The van der Waals surface area contributed by atoms with Gasteiger partial charge in [-0.15, -0.1) is 5.10 Å². The summed E-state index contributed by atoms with van der Waals surface area (Å²) in [6, 6.07) is 7.97. The molecule has 0 N–H and O–H groups in total. The highest BCUT2D eigenvalue weighted by molar-refractivity contribution is 5.85. The summed E-state index contributed by atoms with van der Waals surface area (Å²) in [5.41, 5.74) is 0. The topological polar surface area (TPSA) is 55.3 Å². The van der Waals surface area contributed by atoms with E-state index in [0.717, 1.165) is 49.5 Å². The first-order valence-corrected chi connectivity index (χ1v) is 8.88. The van der Waals surface area contributed by atoms with Crippen LogP contribution in [-0.4, -0.2) is 40.2 Å². The van der Waals surface area contributed by atoms with Gasteiger partial charge in [0.25, 0.3) is 0 Å². The van der Waals surface area contributed by atoms with Crippen molar-refractivity contribution in [1.82, 2.24) is 15.1 Å². The van der Waals surface area contributed by atoms with Crippen LogP contribution in [0.25, 0.3) is 10.8 Å². The van der Waals surface area contributed by atoms with Crippen LogP contribution in [0.15, 0.2) is 30.5 Å². The van der Waals surface area contributed by atoms with E-state index in [1.165, 1.54) is 0 Å². The number of likely N-dealkylation sites (tertiary alicyclic amines) is 1. The van der Waals surface area contributed by atoms with Gasteiger partial charge in [0.15, 0.2) is 0 Å². The molecule has 24 heavy (non-hydrogen) atoms. The minimum absolute atomic E-state index is 0.0934. The lowest BCUT2D eigenvalue weighted by Gasteiger charge is -2.33. The van der Waals surface area contributed by atoms with Crippen LogP contribution < -0.4 is 4.74 Å². The molecule has 0 atom stereocenters. The van der Waals surface area contributed by atoms with Crippen molar-refractivity contribution in [3.63, 3.8) is 0 Å². The van der Waals surface area contributed by atoms with Gasteiger partial charge in [-0.25, -0.2) is 0 Å². The Hall–Kier alpha value is -2.17. The minimum Gasteiger partial charge on any atom is -0.473 e. The van der Waals surface area contributed by atoms with Crippen LogP contribution in [0, 0.1) is 5.92 Å². The summed E-state index contributed by atoms with van der Waals surface area (Å²) in [5, 5.41) is 10.2. The van der Waals surface area contributed by atoms with Crippen molar-refractivity contribution in [2.75, 3.05) is 13.1 Å². The number of piperidine rings is 1. The second-order valence-corrected chi connectivity index (χ2v) is 6.39. The fraction of sp³-hybridized carbons (Fsp3) is 0.526. The molecule has 1 fully saturated rings. The van der Waals surface area contributed by atoms with E-state index in [0.29, 0.717) is 11.8 Å². The molecule has 0 bridgehead atoms. The zero-order valence-corrected chi connectivity index (χ0v) is 14.4. The van der Waals surface area contributed by atoms with Gasteiger partial charge < -0.3 is 9.64 Å². The molecule has 1 amide bonds. The number of aromatic nitrogens is 2. The number of rotatable bonds is 5. The minimum atomic E-state index is 0.0934. The van der Waals surface area contributed by atoms with Gasteiger partial charge in [0.2, 0.25) is 11.8 Å². The van der Waals surface area contributed by atoms with Crippen LogP contribution in [-0.2, 0) is 4.79 Å². The van der Waals surface area contributed by atoms with Gasteiger partial charge in [-0.2, -0.15) is 5.10 Å². The van der Waals surface area contributed by atoms with Crippen molar-refractivity contribution in [2.24, 2.45) is 5.92 Å². The third kappa shape index (κ3) is 3.50. The van der Waals surface area contributed by atoms with Crippen LogP contribution in [0.2, 0.25) is 0 Å². The zero-order chi connectivity index (χ0) is 16.9. The van der Waals surface area contributed by atoms with Crippen molar-refractivity contribution < 1.29 is 9.53 Å². The van der Waals surface area contributed by atoms with Crippen LogP contribution >= 0.6 is 0 Å². The number of amides is 1. The maximum atomic E-state index is 12.5. The predicted molar refractivity (Wildman–Crippen MR) is 93.8 cm³/mol. The van der Waals surface area contributed by atoms with Gasteiger partial charge in [-0.05, 0) is 18.9 Å². The summed E-state index contributed by atoms with van der Waals surface area (Å²) < 4.78 is 6.10. The highest BCUT2D eigenvalue weighted by Gasteiger charge is 2.27. The number of nitrogens with zero attached hydrogens (tertiary/aromatic N) is 3. The van der Waals surface area contributed by atoms with Crippen LogP contribution in [0.1, 0.15) is 39.5 Å². The summed E-state index contributed by atoms with van der Waals surface area (Å²) >= 11 is 0. The molecule has 1 saturated heterocycles. The number of carbonyl (C=O) groups excluding carboxylic acids is 1. The standard InChI is InChI=1S/C19H25N3O2/c1-3-14(4-2)19(23)22-11-9-16(10-12-22)24-18-17-8-6-5-7-15(17)13-20-21-18/h5-8,13-14,16H,3-4,9-12H2,1-2H3. The van der Waals surface area contributed by atoms with Gasteiger partial charge in [0.1, 0.15) is 6.10 Å². The number of carbonyl (C=O) groups is 1. The van der Waals surface area contributed by atoms with Crippen molar-refractivity contribution >= 4 is 16.7 Å². The molecule has 0 saturated carbocycles. The highest BCUT2D eigenvalue weighted by atomic mass is 16.5. The molecular weight excluding hydrogens is 302 g/mol. The quantitative estimate of drug-likeness (QED) is 0.844. The molecule has 1 aromatic heterocycles. The molecule has 2 aromatic rings. The van der Waals surface area contributed by atoms with Crippen molar-refractivity contribution in [1.29, 1.82) is 0 Å². The number of hydrogen-bond donors (Lipinski definition) is 0. The molecule has 0 aliphatic carbocycles. The van der Waals surface area contributed by atoms with E-state index in [4.69, 9.17) is 4.74 Å². The third-order valence-electron chi connectivity index (χ3n) is 4.90. The van der Waals surface area contributed by atoms with Crippen LogP contribution in [0.4, 0.5) is 0 Å². The molecule has 2 heterocycles. The normalized spacial score (nSPS) is 15.9. The molecule has 1 aliphatic rings. The molecule has 1 aliphatic heterocycles. The van der Waals surface area contributed by atoms with E-state index in [1.807, 2.05) is 29.2 Å². The molecule has 1 aromatic carbocycles. The van der Waals surface area contributed by atoms with Crippen LogP contribution in [0.3, 0.4) is 0 Å². The number of hydrogen-bond acceptors (Lipinski definition) is 4. The summed E-state index contributed by atoms with van der Waals surface area (Å²) in [4.78, 5) is 14.5. The lowest BCUT2D eigenvalue weighted by atomic mass is 9.99. The van der Waals surface area contributed by atoms with Crippen molar-refractivity contribution in [3.8, 4) is 5.88 Å². The number of ether oxygens (including phenoxy) is 1. The van der Waals surface area contributed by atoms with Crippen molar-refractivity contribution in [3.05, 3.63) is 30.5 Å². The maximum Gasteiger partial charge on any atom is 0.241 e. The molecule has 5 nitrogen and oxygen atoms in total. The van der Waals surface area contributed by atoms with Crippen molar-refractivity contribution in [2.45, 2.75) is 45.6 Å². The first-order valence-electron chi connectivity index (χ1n) is 8.88. The molecule has 5 heteroatoms. The molecule has 128 valence electrons. The largest absolute Gasteiger partial charge is 0.473 e. The summed E-state index contributed by atoms with van der Waals surface area (Å²) in [7, 11) is 0. The van der Waals surface area contributed by atoms with Gasteiger partial charge in [-0.3, -0.25) is 4.79 Å². The van der Waals surface area contributed by atoms with E-state index in [-0.39, 0.29) is 12.0 Å². The smallest absolute Gasteiger partial charge is 0.241 e. The second-order valence-electron chi connectivity index (χ2n) is 6.39. The Labute approximate surface area is 143 Å². The average Bonchev–Trinajstić information content (AvgIpc) is 2.63. The van der Waals surface area contributed by atoms with Gasteiger partial charge in [0, 0.05) is 42.6 Å². The molecular formula is C19H25N3O2. The highest BCUT2D eigenvalue weighted by Crippen LogP contribution is 2.25. The lowest BCUT2D eigenvalue weighted by Crippen LogP contribution is -2.44.